The SMILES string of the molecule is Cl.Cl.NCC1(NC(=O)CCSCc2ccccn2)CCCC1. The molecule has 0 spiro atoms. The van der Waals surface area contributed by atoms with Crippen molar-refractivity contribution in [2.75, 3.05) is 12.3 Å². The fourth-order valence-electron chi connectivity index (χ4n) is 2.62. The lowest BCUT2D eigenvalue weighted by atomic mass is 9.98. The average Bonchev–Trinajstić information content (AvgIpc) is 2.94. The van der Waals surface area contributed by atoms with Gasteiger partial charge in [-0.1, -0.05) is 18.9 Å². The van der Waals surface area contributed by atoms with Crippen molar-refractivity contribution in [3.63, 3.8) is 0 Å². The summed E-state index contributed by atoms with van der Waals surface area (Å²) >= 11 is 1.74. The molecular weight excluding hydrogens is 341 g/mol. The Hall–Kier alpha value is -0.490. The average molecular weight is 366 g/mol. The number of hydrogen-bond donors (Lipinski definition) is 2. The topological polar surface area (TPSA) is 68.0 Å². The highest BCUT2D eigenvalue weighted by atomic mass is 35.5. The lowest BCUT2D eigenvalue weighted by molar-refractivity contribution is -0.122. The molecule has 0 bridgehead atoms. The van der Waals surface area contributed by atoms with Gasteiger partial charge in [0.05, 0.1) is 11.2 Å². The highest BCUT2D eigenvalue weighted by molar-refractivity contribution is 7.98. The zero-order valence-corrected chi connectivity index (χ0v) is 15.1. The number of nitrogens with one attached hydrogen (secondary N) is 1. The minimum absolute atomic E-state index is 0. The summed E-state index contributed by atoms with van der Waals surface area (Å²) in [6.45, 7) is 0.555. The van der Waals surface area contributed by atoms with E-state index in [1.165, 1.54) is 12.8 Å². The van der Waals surface area contributed by atoms with Crippen molar-refractivity contribution < 1.29 is 4.79 Å². The molecule has 22 heavy (non-hydrogen) atoms. The number of aromatic nitrogens is 1. The fourth-order valence-corrected chi connectivity index (χ4v) is 3.47. The summed E-state index contributed by atoms with van der Waals surface area (Å²) in [7, 11) is 0. The summed E-state index contributed by atoms with van der Waals surface area (Å²) in [5, 5.41) is 3.15. The summed E-state index contributed by atoms with van der Waals surface area (Å²) in [4.78, 5) is 16.2. The Morgan fingerprint density at radius 3 is 2.64 bits per heavy atom. The number of nitrogens with two attached hydrogens (primary N) is 1. The first kappa shape index (κ1) is 21.5. The lowest BCUT2D eigenvalue weighted by Gasteiger charge is -2.28. The Morgan fingerprint density at radius 1 is 1.32 bits per heavy atom. The molecule has 0 radical (unpaired) electrons. The first-order chi connectivity index (χ1) is 9.74. The van der Waals surface area contributed by atoms with E-state index >= 15 is 0 Å². The van der Waals surface area contributed by atoms with Crippen LogP contribution in [0.2, 0.25) is 0 Å². The number of amides is 1. The number of pyridine rings is 1. The third-order valence-electron chi connectivity index (χ3n) is 3.81. The van der Waals surface area contributed by atoms with Gasteiger partial charge in [0, 0.05) is 30.7 Å². The Balaban J connectivity index is 0.00000220. The van der Waals surface area contributed by atoms with Crippen LogP contribution >= 0.6 is 36.6 Å². The molecular formula is C15H25Cl2N3OS. The Labute approximate surface area is 149 Å². The minimum atomic E-state index is -0.122. The lowest BCUT2D eigenvalue weighted by Crippen LogP contribution is -2.51. The Morgan fingerprint density at radius 2 is 2.05 bits per heavy atom. The molecule has 126 valence electrons. The molecule has 1 heterocycles. The minimum Gasteiger partial charge on any atom is -0.349 e. The second-order valence-corrected chi connectivity index (χ2v) is 6.47. The van der Waals surface area contributed by atoms with Gasteiger partial charge < -0.3 is 11.1 Å². The van der Waals surface area contributed by atoms with Gasteiger partial charge in [-0.3, -0.25) is 9.78 Å². The third kappa shape index (κ3) is 6.73. The molecule has 0 atom stereocenters. The summed E-state index contributed by atoms with van der Waals surface area (Å²) < 4.78 is 0. The molecule has 3 N–H and O–H groups in total. The van der Waals surface area contributed by atoms with Gasteiger partial charge in [0.15, 0.2) is 0 Å². The smallest absolute Gasteiger partial charge is 0.221 e. The van der Waals surface area contributed by atoms with E-state index in [2.05, 4.69) is 10.3 Å². The van der Waals surface area contributed by atoms with Crippen LogP contribution in [-0.2, 0) is 10.5 Å². The van der Waals surface area contributed by atoms with Gasteiger partial charge in [0.2, 0.25) is 5.91 Å². The highest BCUT2D eigenvalue weighted by Gasteiger charge is 2.33. The zero-order chi connectivity index (χ0) is 14.3. The maximum absolute atomic E-state index is 12.0. The number of carbonyl (C=O) groups is 1. The van der Waals surface area contributed by atoms with Crippen molar-refractivity contribution in [3.8, 4) is 0 Å². The van der Waals surface area contributed by atoms with Crippen LogP contribution in [-0.4, -0.2) is 28.7 Å². The molecule has 0 saturated heterocycles. The largest absolute Gasteiger partial charge is 0.349 e. The van der Waals surface area contributed by atoms with Gasteiger partial charge in [0.25, 0.3) is 0 Å². The van der Waals surface area contributed by atoms with E-state index in [1.807, 2.05) is 18.2 Å². The van der Waals surface area contributed by atoms with E-state index in [1.54, 1.807) is 18.0 Å². The summed E-state index contributed by atoms with van der Waals surface area (Å²) in [6, 6.07) is 5.91. The van der Waals surface area contributed by atoms with Crippen molar-refractivity contribution in [1.29, 1.82) is 0 Å². The number of carbonyl (C=O) groups excluding carboxylic acids is 1. The molecule has 2 rings (SSSR count). The molecule has 1 aliphatic rings. The highest BCUT2D eigenvalue weighted by Crippen LogP contribution is 2.28. The summed E-state index contributed by atoms with van der Waals surface area (Å²) in [6.07, 6.45) is 6.75. The van der Waals surface area contributed by atoms with Crippen LogP contribution in [0.1, 0.15) is 37.8 Å². The third-order valence-corrected chi connectivity index (χ3v) is 4.80. The zero-order valence-electron chi connectivity index (χ0n) is 12.6. The maximum atomic E-state index is 12.0. The first-order valence-corrected chi connectivity index (χ1v) is 8.38. The number of halogens is 2. The number of thioether (sulfide) groups is 1. The summed E-state index contributed by atoms with van der Waals surface area (Å²) in [5.74, 6) is 1.81. The fraction of sp³-hybridized carbons (Fsp3) is 0.600. The van der Waals surface area contributed by atoms with Crippen LogP contribution in [0.15, 0.2) is 24.4 Å². The van der Waals surface area contributed by atoms with Crippen molar-refractivity contribution in [2.45, 2.75) is 43.4 Å². The second kappa shape index (κ2) is 11.1. The normalized spacial score (nSPS) is 15.5. The molecule has 7 heteroatoms. The van der Waals surface area contributed by atoms with Crippen LogP contribution in [0.5, 0.6) is 0 Å². The second-order valence-electron chi connectivity index (χ2n) is 5.36. The van der Waals surface area contributed by atoms with Crippen LogP contribution in [0, 0.1) is 0 Å². The number of rotatable bonds is 7. The molecule has 1 aromatic heterocycles. The van der Waals surface area contributed by atoms with E-state index in [0.717, 1.165) is 30.0 Å². The molecule has 0 unspecified atom stereocenters. The molecule has 0 aliphatic heterocycles. The van der Waals surface area contributed by atoms with Gasteiger partial charge in [0.1, 0.15) is 0 Å². The molecule has 4 nitrogen and oxygen atoms in total. The van der Waals surface area contributed by atoms with E-state index in [9.17, 15) is 4.79 Å². The summed E-state index contributed by atoms with van der Waals surface area (Å²) in [5.41, 5.74) is 6.76. The van der Waals surface area contributed by atoms with Gasteiger partial charge in [-0.15, -0.1) is 24.8 Å². The van der Waals surface area contributed by atoms with E-state index < -0.39 is 0 Å². The van der Waals surface area contributed by atoms with Crippen molar-refractivity contribution in [2.24, 2.45) is 5.73 Å². The predicted octanol–water partition coefficient (Wildman–Crippen LogP) is 2.94. The molecule has 1 amide bonds. The molecule has 0 aromatic carbocycles. The van der Waals surface area contributed by atoms with Crippen molar-refractivity contribution in [3.05, 3.63) is 30.1 Å². The Bertz CT molecular complexity index is 428. The van der Waals surface area contributed by atoms with Gasteiger partial charge in [-0.05, 0) is 25.0 Å². The number of hydrogen-bond acceptors (Lipinski definition) is 4. The van der Waals surface area contributed by atoms with Crippen LogP contribution in [0.25, 0.3) is 0 Å². The molecule has 1 fully saturated rings. The van der Waals surface area contributed by atoms with E-state index in [4.69, 9.17) is 5.73 Å². The first-order valence-electron chi connectivity index (χ1n) is 7.23. The quantitative estimate of drug-likeness (QED) is 0.728. The molecule has 1 saturated carbocycles. The van der Waals surface area contributed by atoms with Crippen LogP contribution < -0.4 is 11.1 Å². The van der Waals surface area contributed by atoms with E-state index in [0.29, 0.717) is 13.0 Å². The van der Waals surface area contributed by atoms with Gasteiger partial charge >= 0.3 is 0 Å². The predicted molar refractivity (Wildman–Crippen MR) is 97.9 cm³/mol. The van der Waals surface area contributed by atoms with E-state index in [-0.39, 0.29) is 36.3 Å². The molecule has 1 aromatic rings. The maximum Gasteiger partial charge on any atom is 0.221 e. The van der Waals surface area contributed by atoms with Crippen LogP contribution in [0.3, 0.4) is 0 Å². The standard InChI is InChI=1S/C15H23N3OS.2ClH/c16-12-15(7-2-3-8-15)18-14(19)6-10-20-11-13-5-1-4-9-17-13;;/h1,4-5,9H,2-3,6-8,10-12,16H2,(H,18,19);2*1H. The van der Waals surface area contributed by atoms with Crippen molar-refractivity contribution in [1.82, 2.24) is 10.3 Å². The Kier molecular flexibility index (Phi) is 10.9. The van der Waals surface area contributed by atoms with Crippen LogP contribution in [0.4, 0.5) is 0 Å². The van der Waals surface area contributed by atoms with Gasteiger partial charge in [-0.25, -0.2) is 0 Å². The van der Waals surface area contributed by atoms with Gasteiger partial charge in [-0.2, -0.15) is 11.8 Å². The molecule has 1 aliphatic carbocycles. The van der Waals surface area contributed by atoms with Crippen molar-refractivity contribution >= 4 is 42.5 Å². The monoisotopic (exact) mass is 365 g/mol. The number of nitrogens with zero attached hydrogens (tertiary/aromatic N) is 1.